The van der Waals surface area contributed by atoms with Gasteiger partial charge in [-0.05, 0) is 29.2 Å². The monoisotopic (exact) mass is 328 g/mol. The summed E-state index contributed by atoms with van der Waals surface area (Å²) in [4.78, 5) is 4.44. The molecule has 23 heavy (non-hydrogen) atoms. The number of rotatable bonds is 3. The van der Waals surface area contributed by atoms with Gasteiger partial charge in [0, 0.05) is 32.7 Å². The van der Waals surface area contributed by atoms with Crippen molar-refractivity contribution in [3.05, 3.63) is 34.9 Å². The first kappa shape index (κ1) is 18.3. The number of hydrogen-bond acceptors (Lipinski definition) is 2. The molecular weight excluding hydrogens is 301 g/mol. The molecule has 0 aromatic heterocycles. The van der Waals surface area contributed by atoms with Gasteiger partial charge in [0.15, 0.2) is 0 Å². The fourth-order valence-electron chi connectivity index (χ4n) is 2.95. The standard InChI is InChI=1S/C18H27F3N2/c1-5-22-8-10-23(11-9-22)13-14-6-7-15(17(2,3)4)12-16(14)18(19,20)21/h6-7,12H,5,8-11,13H2,1-4H3. The molecule has 1 saturated heterocycles. The molecule has 1 aromatic carbocycles. The number of nitrogens with zero attached hydrogens (tertiary/aromatic N) is 2. The van der Waals surface area contributed by atoms with Crippen LogP contribution in [0, 0.1) is 0 Å². The first-order chi connectivity index (χ1) is 10.6. The van der Waals surface area contributed by atoms with Crippen molar-refractivity contribution in [2.75, 3.05) is 32.7 Å². The number of likely N-dealkylation sites (N-methyl/N-ethyl adjacent to an activating group) is 1. The highest BCUT2D eigenvalue weighted by atomic mass is 19.4. The maximum Gasteiger partial charge on any atom is 0.416 e. The Bertz CT molecular complexity index is 524. The van der Waals surface area contributed by atoms with Crippen LogP contribution in [0.4, 0.5) is 13.2 Å². The second-order valence-electron chi connectivity index (χ2n) is 7.33. The van der Waals surface area contributed by atoms with E-state index in [0.29, 0.717) is 12.1 Å². The molecular formula is C18H27F3N2. The summed E-state index contributed by atoms with van der Waals surface area (Å²) in [6.07, 6.45) is -4.30. The predicted molar refractivity (Wildman–Crippen MR) is 87.5 cm³/mol. The fourth-order valence-corrected chi connectivity index (χ4v) is 2.95. The Hall–Kier alpha value is -1.07. The third-order valence-corrected chi connectivity index (χ3v) is 4.59. The molecule has 5 heteroatoms. The lowest BCUT2D eigenvalue weighted by Gasteiger charge is -2.34. The van der Waals surface area contributed by atoms with Crippen LogP contribution < -0.4 is 0 Å². The third-order valence-electron chi connectivity index (χ3n) is 4.59. The fraction of sp³-hybridized carbons (Fsp3) is 0.667. The second-order valence-corrected chi connectivity index (χ2v) is 7.33. The summed E-state index contributed by atoms with van der Waals surface area (Å²) in [5.74, 6) is 0. The van der Waals surface area contributed by atoms with Crippen molar-refractivity contribution in [3.8, 4) is 0 Å². The lowest BCUT2D eigenvalue weighted by Crippen LogP contribution is -2.45. The molecule has 0 atom stereocenters. The maximum atomic E-state index is 13.5. The van der Waals surface area contributed by atoms with Crippen LogP contribution in [0.15, 0.2) is 18.2 Å². The van der Waals surface area contributed by atoms with E-state index >= 15 is 0 Å². The molecule has 130 valence electrons. The zero-order valence-corrected chi connectivity index (χ0v) is 14.5. The molecule has 2 rings (SSSR count). The van der Waals surface area contributed by atoms with Crippen LogP contribution in [0.3, 0.4) is 0 Å². The second kappa shape index (κ2) is 6.81. The Balaban J connectivity index is 2.21. The Kier molecular flexibility index (Phi) is 5.41. The molecule has 1 fully saturated rings. The van der Waals surface area contributed by atoms with E-state index < -0.39 is 11.7 Å². The molecule has 0 N–H and O–H groups in total. The minimum Gasteiger partial charge on any atom is -0.301 e. The molecule has 0 saturated carbocycles. The van der Waals surface area contributed by atoms with Gasteiger partial charge >= 0.3 is 6.18 Å². The smallest absolute Gasteiger partial charge is 0.301 e. The van der Waals surface area contributed by atoms with Gasteiger partial charge in [0.1, 0.15) is 0 Å². The minimum atomic E-state index is -4.30. The highest BCUT2D eigenvalue weighted by molar-refractivity contribution is 5.37. The largest absolute Gasteiger partial charge is 0.416 e. The van der Waals surface area contributed by atoms with Crippen LogP contribution in [0.2, 0.25) is 0 Å². The van der Waals surface area contributed by atoms with Crippen LogP contribution in [0.5, 0.6) is 0 Å². The van der Waals surface area contributed by atoms with E-state index in [9.17, 15) is 13.2 Å². The summed E-state index contributed by atoms with van der Waals surface area (Å²) in [5.41, 5.74) is 0.341. The number of piperazine rings is 1. The molecule has 1 aromatic rings. The molecule has 0 spiro atoms. The van der Waals surface area contributed by atoms with Crippen LogP contribution in [-0.2, 0) is 18.1 Å². The van der Waals surface area contributed by atoms with Crippen LogP contribution >= 0.6 is 0 Å². The first-order valence-corrected chi connectivity index (χ1v) is 8.26. The van der Waals surface area contributed by atoms with Gasteiger partial charge in [-0.25, -0.2) is 0 Å². The van der Waals surface area contributed by atoms with Crippen molar-refractivity contribution in [2.45, 2.75) is 45.8 Å². The average Bonchev–Trinajstić information content (AvgIpc) is 2.46. The van der Waals surface area contributed by atoms with Crippen molar-refractivity contribution in [1.29, 1.82) is 0 Å². The highest BCUT2D eigenvalue weighted by Gasteiger charge is 2.35. The quantitative estimate of drug-likeness (QED) is 0.823. The van der Waals surface area contributed by atoms with Crippen molar-refractivity contribution in [1.82, 2.24) is 9.80 Å². The Morgan fingerprint density at radius 3 is 2.00 bits per heavy atom. The van der Waals surface area contributed by atoms with E-state index in [1.54, 1.807) is 6.07 Å². The van der Waals surface area contributed by atoms with Gasteiger partial charge in [0.05, 0.1) is 5.56 Å². The van der Waals surface area contributed by atoms with E-state index in [2.05, 4.69) is 16.7 Å². The summed E-state index contributed by atoms with van der Waals surface area (Å²) in [7, 11) is 0. The SMILES string of the molecule is CCN1CCN(Cc2ccc(C(C)(C)C)cc2C(F)(F)F)CC1. The molecule has 1 aliphatic heterocycles. The lowest BCUT2D eigenvalue weighted by atomic mass is 9.85. The van der Waals surface area contributed by atoms with E-state index in [-0.39, 0.29) is 5.41 Å². The number of benzene rings is 1. The van der Waals surface area contributed by atoms with Gasteiger partial charge < -0.3 is 4.90 Å². The molecule has 1 heterocycles. The van der Waals surface area contributed by atoms with E-state index in [4.69, 9.17) is 0 Å². The topological polar surface area (TPSA) is 6.48 Å². The van der Waals surface area contributed by atoms with Gasteiger partial charge in [0.25, 0.3) is 0 Å². The molecule has 0 radical (unpaired) electrons. The van der Waals surface area contributed by atoms with Crippen molar-refractivity contribution in [3.63, 3.8) is 0 Å². The normalized spacial score (nSPS) is 18.4. The number of halogens is 3. The number of alkyl halides is 3. The molecule has 0 amide bonds. The number of hydrogen-bond donors (Lipinski definition) is 0. The molecule has 0 unspecified atom stereocenters. The van der Waals surface area contributed by atoms with E-state index in [1.807, 2.05) is 26.8 Å². The molecule has 2 nitrogen and oxygen atoms in total. The van der Waals surface area contributed by atoms with Crippen molar-refractivity contribution >= 4 is 0 Å². The van der Waals surface area contributed by atoms with Crippen molar-refractivity contribution in [2.24, 2.45) is 0 Å². The Labute approximate surface area is 137 Å². The highest BCUT2D eigenvalue weighted by Crippen LogP contribution is 2.36. The summed E-state index contributed by atoms with van der Waals surface area (Å²) >= 11 is 0. The summed E-state index contributed by atoms with van der Waals surface area (Å²) in [6.45, 7) is 12.8. The van der Waals surface area contributed by atoms with Crippen molar-refractivity contribution < 1.29 is 13.2 Å². The molecule has 0 aliphatic carbocycles. The van der Waals surface area contributed by atoms with Gasteiger partial charge in [-0.3, -0.25) is 4.90 Å². The van der Waals surface area contributed by atoms with Gasteiger partial charge in [-0.2, -0.15) is 13.2 Å². The van der Waals surface area contributed by atoms with E-state index in [1.165, 1.54) is 6.07 Å². The minimum absolute atomic E-state index is 0.286. The van der Waals surface area contributed by atoms with E-state index in [0.717, 1.165) is 38.3 Å². The average molecular weight is 328 g/mol. The predicted octanol–water partition coefficient (Wildman–Crippen LogP) is 4.14. The summed E-state index contributed by atoms with van der Waals surface area (Å²) in [5, 5.41) is 0. The van der Waals surface area contributed by atoms with Gasteiger partial charge in [-0.15, -0.1) is 0 Å². The summed E-state index contributed by atoms with van der Waals surface area (Å²) in [6, 6.07) is 4.83. The van der Waals surface area contributed by atoms with Crippen LogP contribution in [0.25, 0.3) is 0 Å². The first-order valence-electron chi connectivity index (χ1n) is 8.26. The Morgan fingerprint density at radius 2 is 1.52 bits per heavy atom. The summed E-state index contributed by atoms with van der Waals surface area (Å²) < 4.78 is 40.4. The van der Waals surface area contributed by atoms with Gasteiger partial charge in [-0.1, -0.05) is 39.8 Å². The maximum absolute atomic E-state index is 13.5. The zero-order valence-electron chi connectivity index (χ0n) is 14.5. The van der Waals surface area contributed by atoms with Crippen LogP contribution in [0.1, 0.15) is 44.4 Å². The van der Waals surface area contributed by atoms with Gasteiger partial charge in [0.2, 0.25) is 0 Å². The zero-order chi connectivity index (χ0) is 17.3. The molecule has 1 aliphatic rings. The Morgan fingerprint density at radius 1 is 0.957 bits per heavy atom. The lowest BCUT2D eigenvalue weighted by molar-refractivity contribution is -0.138. The van der Waals surface area contributed by atoms with Crippen LogP contribution in [-0.4, -0.2) is 42.5 Å². The molecule has 0 bridgehead atoms. The third kappa shape index (κ3) is 4.70.